The molecule has 1 aliphatic rings. The molecule has 3 nitrogen and oxygen atoms in total. The van der Waals surface area contributed by atoms with Gasteiger partial charge >= 0.3 is 0 Å². The Bertz CT molecular complexity index is 422. The predicted molar refractivity (Wildman–Crippen MR) is 85.7 cm³/mol. The quantitative estimate of drug-likeness (QED) is 0.863. The van der Waals surface area contributed by atoms with Crippen molar-refractivity contribution in [2.24, 2.45) is 5.92 Å². The normalized spacial score (nSPS) is 16.3. The molecule has 0 unspecified atom stereocenters. The van der Waals surface area contributed by atoms with E-state index in [9.17, 15) is 4.79 Å². The van der Waals surface area contributed by atoms with Crippen molar-refractivity contribution in [1.82, 2.24) is 5.32 Å². The molecule has 0 spiro atoms. The van der Waals surface area contributed by atoms with Gasteiger partial charge in [-0.15, -0.1) is 0 Å². The summed E-state index contributed by atoms with van der Waals surface area (Å²) >= 11 is 5.42. The highest BCUT2D eigenvalue weighted by Crippen LogP contribution is 2.21. The van der Waals surface area contributed by atoms with E-state index in [0.29, 0.717) is 6.54 Å². The minimum atomic E-state index is 0.0169. The molecular formula is C14H19BrN2OS. The third-order valence-corrected chi connectivity index (χ3v) is 4.71. The Hall–Kier alpha value is -0.520. The molecule has 2 N–H and O–H groups in total. The Morgan fingerprint density at radius 2 is 2.16 bits per heavy atom. The lowest BCUT2D eigenvalue weighted by Crippen LogP contribution is -2.32. The van der Waals surface area contributed by atoms with E-state index in [4.69, 9.17) is 0 Å². The highest BCUT2D eigenvalue weighted by atomic mass is 79.9. The summed E-state index contributed by atoms with van der Waals surface area (Å²) in [6.45, 7) is 1.34. The predicted octanol–water partition coefficient (Wildman–Crippen LogP) is 3.12. The molecule has 0 bridgehead atoms. The zero-order chi connectivity index (χ0) is 13.5. The molecule has 0 atom stereocenters. The molecule has 2 rings (SSSR count). The van der Waals surface area contributed by atoms with E-state index in [1.54, 1.807) is 0 Å². The number of halogens is 1. The van der Waals surface area contributed by atoms with Crippen LogP contribution in [-0.4, -0.2) is 30.5 Å². The van der Waals surface area contributed by atoms with Gasteiger partial charge in [-0.05, 0) is 55.0 Å². The third-order valence-electron chi connectivity index (χ3n) is 3.17. The molecular weight excluding hydrogens is 324 g/mol. The van der Waals surface area contributed by atoms with Crippen LogP contribution in [0, 0.1) is 5.92 Å². The van der Waals surface area contributed by atoms with Crippen molar-refractivity contribution in [3.05, 3.63) is 28.7 Å². The molecule has 0 aromatic heterocycles. The number of rotatable bonds is 5. The minimum absolute atomic E-state index is 0.0169. The summed E-state index contributed by atoms with van der Waals surface area (Å²) in [6.07, 6.45) is 2.54. The van der Waals surface area contributed by atoms with Gasteiger partial charge in [-0.25, -0.2) is 0 Å². The average molecular weight is 343 g/mol. The summed E-state index contributed by atoms with van der Waals surface area (Å²) in [5, 5.41) is 6.14. The number of carbonyl (C=O) groups excluding carboxylic acids is 1. The fraction of sp³-hybridized carbons (Fsp3) is 0.500. The van der Waals surface area contributed by atoms with Gasteiger partial charge in [0.1, 0.15) is 0 Å². The molecule has 1 amide bonds. The van der Waals surface area contributed by atoms with Crippen LogP contribution >= 0.6 is 27.7 Å². The van der Waals surface area contributed by atoms with Gasteiger partial charge in [-0.2, -0.15) is 11.8 Å². The summed E-state index contributed by atoms with van der Waals surface area (Å²) in [7, 11) is 0. The van der Waals surface area contributed by atoms with Crippen LogP contribution in [0.25, 0.3) is 0 Å². The fourth-order valence-corrected chi connectivity index (χ4v) is 3.72. The van der Waals surface area contributed by atoms with Gasteiger partial charge < -0.3 is 10.6 Å². The van der Waals surface area contributed by atoms with Gasteiger partial charge in [0.25, 0.3) is 0 Å². The number of carbonyl (C=O) groups is 1. The summed E-state index contributed by atoms with van der Waals surface area (Å²) in [4.78, 5) is 11.8. The van der Waals surface area contributed by atoms with Crippen LogP contribution in [0.3, 0.4) is 0 Å². The first kappa shape index (κ1) is 14.9. The smallest absolute Gasteiger partial charge is 0.238 e. The van der Waals surface area contributed by atoms with Gasteiger partial charge in [0.15, 0.2) is 0 Å². The lowest BCUT2D eigenvalue weighted by atomic mass is 10.0. The van der Waals surface area contributed by atoms with Crippen molar-refractivity contribution in [3.8, 4) is 0 Å². The topological polar surface area (TPSA) is 41.1 Å². The number of benzene rings is 1. The van der Waals surface area contributed by atoms with Gasteiger partial charge in [-0.1, -0.05) is 22.0 Å². The maximum atomic E-state index is 11.8. The van der Waals surface area contributed by atoms with E-state index < -0.39 is 0 Å². The van der Waals surface area contributed by atoms with Crippen LogP contribution < -0.4 is 10.6 Å². The Morgan fingerprint density at radius 3 is 2.89 bits per heavy atom. The number of anilines is 1. The van der Waals surface area contributed by atoms with Crippen LogP contribution in [0.2, 0.25) is 0 Å². The van der Waals surface area contributed by atoms with Gasteiger partial charge in [-0.3, -0.25) is 4.79 Å². The monoisotopic (exact) mass is 342 g/mol. The van der Waals surface area contributed by atoms with Gasteiger partial charge in [0, 0.05) is 10.2 Å². The van der Waals surface area contributed by atoms with E-state index in [0.717, 1.165) is 22.6 Å². The number of thioether (sulfide) groups is 1. The van der Waals surface area contributed by atoms with Crippen LogP contribution in [0.1, 0.15) is 12.8 Å². The first-order valence-electron chi connectivity index (χ1n) is 6.58. The zero-order valence-corrected chi connectivity index (χ0v) is 13.2. The molecule has 19 heavy (non-hydrogen) atoms. The SMILES string of the molecule is O=C(CNCC1CCSCC1)Nc1cccc(Br)c1. The largest absolute Gasteiger partial charge is 0.325 e. The summed E-state index contributed by atoms with van der Waals surface area (Å²) < 4.78 is 0.970. The second kappa shape index (κ2) is 7.92. The fourth-order valence-electron chi connectivity index (χ4n) is 2.11. The van der Waals surface area contributed by atoms with Crippen molar-refractivity contribution in [1.29, 1.82) is 0 Å². The molecule has 1 aromatic rings. The molecule has 1 aromatic carbocycles. The maximum Gasteiger partial charge on any atom is 0.238 e. The Labute approximate surface area is 127 Å². The molecule has 1 saturated heterocycles. The molecule has 104 valence electrons. The number of hydrogen-bond donors (Lipinski definition) is 2. The molecule has 1 aliphatic heterocycles. The standard InChI is InChI=1S/C14H19BrN2OS/c15-12-2-1-3-13(8-12)17-14(18)10-16-9-11-4-6-19-7-5-11/h1-3,8,11,16H,4-7,9-10H2,(H,17,18). The van der Waals surface area contributed by atoms with Gasteiger partial charge in [0.2, 0.25) is 5.91 Å². The molecule has 5 heteroatoms. The molecule has 0 radical (unpaired) electrons. The first-order valence-corrected chi connectivity index (χ1v) is 8.52. The van der Waals surface area contributed by atoms with E-state index in [1.165, 1.54) is 24.3 Å². The molecule has 1 heterocycles. The Morgan fingerprint density at radius 1 is 1.37 bits per heavy atom. The van der Waals surface area contributed by atoms with Crippen molar-refractivity contribution in [3.63, 3.8) is 0 Å². The molecule has 0 saturated carbocycles. The summed E-state index contributed by atoms with van der Waals surface area (Å²) in [5.74, 6) is 3.27. The number of hydrogen-bond acceptors (Lipinski definition) is 3. The highest BCUT2D eigenvalue weighted by Gasteiger charge is 2.13. The first-order chi connectivity index (χ1) is 9.24. The summed E-state index contributed by atoms with van der Waals surface area (Å²) in [6, 6.07) is 7.64. The van der Waals surface area contributed by atoms with Crippen molar-refractivity contribution in [2.75, 3.05) is 29.9 Å². The molecule has 0 aliphatic carbocycles. The average Bonchev–Trinajstić information content (AvgIpc) is 2.40. The third kappa shape index (κ3) is 5.55. The van der Waals surface area contributed by atoms with Gasteiger partial charge in [0.05, 0.1) is 6.54 Å². The maximum absolute atomic E-state index is 11.8. The Kier molecular flexibility index (Phi) is 6.20. The van der Waals surface area contributed by atoms with E-state index >= 15 is 0 Å². The highest BCUT2D eigenvalue weighted by molar-refractivity contribution is 9.10. The van der Waals surface area contributed by atoms with E-state index in [-0.39, 0.29) is 5.91 Å². The van der Waals surface area contributed by atoms with Crippen molar-refractivity contribution < 1.29 is 4.79 Å². The summed E-state index contributed by atoms with van der Waals surface area (Å²) in [5.41, 5.74) is 0.829. The van der Waals surface area contributed by atoms with Crippen LogP contribution in [0.4, 0.5) is 5.69 Å². The number of nitrogens with one attached hydrogen (secondary N) is 2. The lowest BCUT2D eigenvalue weighted by Gasteiger charge is -2.21. The lowest BCUT2D eigenvalue weighted by molar-refractivity contribution is -0.115. The van der Waals surface area contributed by atoms with Crippen LogP contribution in [0.5, 0.6) is 0 Å². The van der Waals surface area contributed by atoms with Crippen molar-refractivity contribution in [2.45, 2.75) is 12.8 Å². The molecule has 1 fully saturated rings. The van der Waals surface area contributed by atoms with Crippen LogP contribution in [0.15, 0.2) is 28.7 Å². The second-order valence-electron chi connectivity index (χ2n) is 4.75. The number of amides is 1. The van der Waals surface area contributed by atoms with E-state index in [2.05, 4.69) is 26.6 Å². The van der Waals surface area contributed by atoms with Crippen LogP contribution in [-0.2, 0) is 4.79 Å². The minimum Gasteiger partial charge on any atom is -0.325 e. The Balaban J connectivity index is 1.67. The second-order valence-corrected chi connectivity index (χ2v) is 6.89. The van der Waals surface area contributed by atoms with Crippen molar-refractivity contribution >= 4 is 39.3 Å². The zero-order valence-electron chi connectivity index (χ0n) is 10.8. The van der Waals surface area contributed by atoms with E-state index in [1.807, 2.05) is 36.0 Å².